The van der Waals surface area contributed by atoms with Gasteiger partial charge in [-0.3, -0.25) is 9.59 Å². The second kappa shape index (κ2) is 6.38. The number of H-pyrrole nitrogens is 1. The molecule has 1 fully saturated rings. The van der Waals surface area contributed by atoms with Crippen LogP contribution in [0.5, 0.6) is 0 Å². The molecule has 2 aromatic heterocycles. The summed E-state index contributed by atoms with van der Waals surface area (Å²) >= 11 is 1.30. The van der Waals surface area contributed by atoms with E-state index in [0.717, 1.165) is 0 Å². The van der Waals surface area contributed by atoms with E-state index >= 15 is 0 Å². The van der Waals surface area contributed by atoms with Gasteiger partial charge in [-0.15, -0.1) is 11.3 Å². The summed E-state index contributed by atoms with van der Waals surface area (Å²) in [7, 11) is 3.83. The number of aromatic nitrogens is 2. The van der Waals surface area contributed by atoms with Crippen LogP contribution in [-0.4, -0.2) is 66.1 Å². The largest absolute Gasteiger partial charge is 0.378 e. The number of carbonyl (C=O) groups excluding carboxylic acids is 1. The second-order valence-corrected chi connectivity index (χ2v) is 6.89. The van der Waals surface area contributed by atoms with Crippen molar-refractivity contribution < 1.29 is 9.53 Å². The second-order valence-electron chi connectivity index (χ2n) is 5.89. The van der Waals surface area contributed by atoms with E-state index in [9.17, 15) is 9.59 Å². The average molecular weight is 336 g/mol. The Hall–Kier alpha value is -1.77. The van der Waals surface area contributed by atoms with E-state index in [1.807, 2.05) is 25.9 Å². The van der Waals surface area contributed by atoms with Crippen LogP contribution < -0.4 is 5.56 Å². The maximum atomic E-state index is 12.7. The van der Waals surface area contributed by atoms with Crippen molar-refractivity contribution in [1.82, 2.24) is 19.8 Å². The Morgan fingerprint density at radius 2 is 2.09 bits per heavy atom. The number of nitrogens with one attached hydrogen (secondary N) is 1. The molecule has 3 heterocycles. The number of ether oxygens (including phenoxy) is 1. The van der Waals surface area contributed by atoms with Crippen LogP contribution >= 0.6 is 11.3 Å². The van der Waals surface area contributed by atoms with Crippen LogP contribution in [0.25, 0.3) is 10.2 Å². The Morgan fingerprint density at radius 1 is 1.39 bits per heavy atom. The molecule has 23 heavy (non-hydrogen) atoms. The van der Waals surface area contributed by atoms with Crippen LogP contribution in [-0.2, 0) is 11.3 Å². The lowest BCUT2D eigenvalue weighted by Crippen LogP contribution is -2.40. The molecule has 1 saturated heterocycles. The summed E-state index contributed by atoms with van der Waals surface area (Å²) in [6.07, 6.45) is 0. The van der Waals surface area contributed by atoms with Gasteiger partial charge in [0.15, 0.2) is 0 Å². The normalized spacial score (nSPS) is 15.6. The third-order valence-corrected chi connectivity index (χ3v) is 4.98. The lowest BCUT2D eigenvalue weighted by atomic mass is 10.2. The predicted molar refractivity (Wildman–Crippen MR) is 89.1 cm³/mol. The van der Waals surface area contributed by atoms with Gasteiger partial charge < -0.3 is 19.5 Å². The highest BCUT2D eigenvalue weighted by atomic mass is 32.1. The summed E-state index contributed by atoms with van der Waals surface area (Å²) in [6.45, 7) is 4.65. The van der Waals surface area contributed by atoms with Crippen molar-refractivity contribution in [2.24, 2.45) is 0 Å². The summed E-state index contributed by atoms with van der Waals surface area (Å²) in [5.74, 6) is 0.571. The molecule has 0 bridgehead atoms. The summed E-state index contributed by atoms with van der Waals surface area (Å²) < 4.78 is 5.28. The van der Waals surface area contributed by atoms with Crippen LogP contribution in [0.15, 0.2) is 4.79 Å². The first-order chi connectivity index (χ1) is 11.0. The van der Waals surface area contributed by atoms with Crippen LogP contribution in [0.4, 0.5) is 0 Å². The maximum Gasteiger partial charge on any atom is 0.264 e. The topological polar surface area (TPSA) is 78.5 Å². The maximum absolute atomic E-state index is 12.7. The van der Waals surface area contributed by atoms with Crippen LogP contribution in [0, 0.1) is 6.92 Å². The van der Waals surface area contributed by atoms with E-state index in [1.165, 1.54) is 11.3 Å². The standard InChI is InChI=1S/C15H20N4O3S/c1-9-11-13(20)16-10(8-18(2)3)17-14(11)23-12(9)15(21)19-4-6-22-7-5-19/h4-8H2,1-3H3,(H,16,17,20). The minimum atomic E-state index is -0.179. The molecular weight excluding hydrogens is 316 g/mol. The van der Waals surface area contributed by atoms with Gasteiger partial charge in [0, 0.05) is 13.1 Å². The van der Waals surface area contributed by atoms with Gasteiger partial charge in [-0.2, -0.15) is 0 Å². The Balaban J connectivity index is 2.02. The Morgan fingerprint density at radius 3 is 2.74 bits per heavy atom. The molecular formula is C15H20N4O3S. The third kappa shape index (κ3) is 3.15. The highest BCUT2D eigenvalue weighted by molar-refractivity contribution is 7.20. The Kier molecular flexibility index (Phi) is 4.47. The van der Waals surface area contributed by atoms with E-state index in [-0.39, 0.29) is 11.5 Å². The summed E-state index contributed by atoms with van der Waals surface area (Å²) in [4.78, 5) is 37.3. The van der Waals surface area contributed by atoms with Gasteiger partial charge in [0.2, 0.25) is 0 Å². The van der Waals surface area contributed by atoms with Gasteiger partial charge in [0.05, 0.1) is 30.0 Å². The molecule has 0 radical (unpaired) electrons. The summed E-state index contributed by atoms with van der Waals surface area (Å²) in [5, 5.41) is 0.522. The third-order valence-electron chi connectivity index (χ3n) is 3.81. The molecule has 1 N–H and O–H groups in total. The van der Waals surface area contributed by atoms with E-state index in [4.69, 9.17) is 4.74 Å². The van der Waals surface area contributed by atoms with Crippen molar-refractivity contribution in [1.29, 1.82) is 0 Å². The first-order valence-electron chi connectivity index (χ1n) is 7.51. The first-order valence-corrected chi connectivity index (χ1v) is 8.33. The highest BCUT2D eigenvalue weighted by Crippen LogP contribution is 2.28. The number of carbonyl (C=O) groups is 1. The molecule has 0 atom stereocenters. The lowest BCUT2D eigenvalue weighted by molar-refractivity contribution is 0.0306. The number of aromatic amines is 1. The molecule has 1 aliphatic rings. The van der Waals surface area contributed by atoms with Crippen molar-refractivity contribution in [2.75, 3.05) is 40.4 Å². The van der Waals surface area contributed by atoms with Gasteiger partial charge >= 0.3 is 0 Å². The van der Waals surface area contributed by atoms with E-state index in [0.29, 0.717) is 59.3 Å². The van der Waals surface area contributed by atoms with Crippen molar-refractivity contribution in [3.63, 3.8) is 0 Å². The predicted octanol–water partition coefficient (Wildman–Crippen LogP) is 0.827. The number of hydrogen-bond donors (Lipinski definition) is 1. The van der Waals surface area contributed by atoms with E-state index < -0.39 is 0 Å². The number of amides is 1. The first kappa shape index (κ1) is 16.1. The molecule has 7 nitrogen and oxygen atoms in total. The number of morpholine rings is 1. The number of thiophene rings is 1. The molecule has 1 amide bonds. The van der Waals surface area contributed by atoms with Crippen molar-refractivity contribution >= 4 is 27.5 Å². The molecule has 0 aliphatic carbocycles. The monoisotopic (exact) mass is 336 g/mol. The number of fused-ring (bicyclic) bond motifs is 1. The molecule has 8 heteroatoms. The number of nitrogens with zero attached hydrogens (tertiary/aromatic N) is 3. The molecule has 0 saturated carbocycles. The van der Waals surface area contributed by atoms with Crippen molar-refractivity contribution in [2.45, 2.75) is 13.5 Å². The highest BCUT2D eigenvalue weighted by Gasteiger charge is 2.24. The fourth-order valence-electron chi connectivity index (χ4n) is 2.68. The minimum absolute atomic E-state index is 0.0395. The molecule has 0 unspecified atom stereocenters. The SMILES string of the molecule is Cc1c(C(=O)N2CCOCC2)sc2nc(CN(C)C)[nH]c(=O)c12. The molecule has 0 spiro atoms. The zero-order valence-corrected chi connectivity index (χ0v) is 14.3. The van der Waals surface area contributed by atoms with E-state index in [1.54, 1.807) is 4.90 Å². The smallest absolute Gasteiger partial charge is 0.264 e. The van der Waals surface area contributed by atoms with Gasteiger partial charge in [0.25, 0.3) is 11.5 Å². The van der Waals surface area contributed by atoms with Gasteiger partial charge in [0.1, 0.15) is 10.7 Å². The zero-order chi connectivity index (χ0) is 16.6. The van der Waals surface area contributed by atoms with Gasteiger partial charge in [-0.25, -0.2) is 4.98 Å². The fourth-order valence-corrected chi connectivity index (χ4v) is 3.85. The molecule has 3 rings (SSSR count). The summed E-state index contributed by atoms with van der Waals surface area (Å²) in [6, 6.07) is 0. The Labute approximate surface area is 137 Å². The van der Waals surface area contributed by atoms with Crippen LogP contribution in [0.2, 0.25) is 0 Å². The van der Waals surface area contributed by atoms with Gasteiger partial charge in [-0.05, 0) is 26.6 Å². The molecule has 1 aliphatic heterocycles. The Bertz CT molecular complexity index is 790. The number of aryl methyl sites for hydroxylation is 1. The lowest BCUT2D eigenvalue weighted by Gasteiger charge is -2.26. The van der Waals surface area contributed by atoms with Crippen molar-refractivity contribution in [3.8, 4) is 0 Å². The van der Waals surface area contributed by atoms with Crippen LogP contribution in [0.1, 0.15) is 21.1 Å². The van der Waals surface area contributed by atoms with E-state index in [2.05, 4.69) is 9.97 Å². The molecule has 2 aromatic rings. The summed E-state index contributed by atoms with van der Waals surface area (Å²) in [5.41, 5.74) is 0.535. The molecule has 0 aromatic carbocycles. The van der Waals surface area contributed by atoms with Gasteiger partial charge in [-0.1, -0.05) is 0 Å². The fraction of sp³-hybridized carbons (Fsp3) is 0.533. The minimum Gasteiger partial charge on any atom is -0.378 e. The number of hydrogen-bond acceptors (Lipinski definition) is 6. The zero-order valence-electron chi connectivity index (χ0n) is 13.5. The van der Waals surface area contributed by atoms with Crippen molar-refractivity contribution in [3.05, 3.63) is 26.6 Å². The average Bonchev–Trinajstić information content (AvgIpc) is 2.84. The molecule has 124 valence electrons. The number of rotatable bonds is 3. The van der Waals surface area contributed by atoms with Crippen LogP contribution in [0.3, 0.4) is 0 Å². The quantitative estimate of drug-likeness (QED) is 0.898.